The van der Waals surface area contributed by atoms with Gasteiger partial charge in [-0.05, 0) is 57.7 Å². The lowest BCUT2D eigenvalue weighted by atomic mass is 10.1. The Morgan fingerprint density at radius 2 is 1.96 bits per heavy atom. The van der Waals surface area contributed by atoms with E-state index in [2.05, 4.69) is 15.6 Å². The van der Waals surface area contributed by atoms with Gasteiger partial charge in [-0.2, -0.15) is 0 Å². The van der Waals surface area contributed by atoms with Crippen molar-refractivity contribution in [2.75, 3.05) is 5.32 Å². The van der Waals surface area contributed by atoms with Crippen LogP contribution in [-0.2, 0) is 17.7 Å². The van der Waals surface area contributed by atoms with Crippen LogP contribution in [0.25, 0.3) is 0 Å². The molecule has 23 heavy (non-hydrogen) atoms. The van der Waals surface area contributed by atoms with E-state index in [0.29, 0.717) is 0 Å². The molecule has 124 valence electrons. The van der Waals surface area contributed by atoms with Crippen molar-refractivity contribution in [2.24, 2.45) is 0 Å². The topological polar surface area (TPSA) is 69.0 Å². The second-order valence-corrected chi connectivity index (χ2v) is 6.45. The minimum absolute atomic E-state index is 0.432. The number of benzene rings is 1. The highest BCUT2D eigenvalue weighted by atomic mass is 16.6. The number of unbranched alkanes of at least 4 members (excludes halogenated alkanes) is 1. The Bertz CT molecular complexity index is 601. The van der Waals surface area contributed by atoms with Crippen LogP contribution in [0.4, 0.5) is 10.5 Å². The summed E-state index contributed by atoms with van der Waals surface area (Å²) in [6.45, 7) is 6.41. The molecule has 6 nitrogen and oxygen atoms in total. The number of hydrogen-bond acceptors (Lipinski definition) is 4. The molecule has 0 aliphatic heterocycles. The van der Waals surface area contributed by atoms with Crippen molar-refractivity contribution >= 4 is 11.8 Å². The molecule has 0 fully saturated rings. The summed E-state index contributed by atoms with van der Waals surface area (Å²) in [4.78, 5) is 11.7. The number of ether oxygens (including phenoxy) is 1. The average Bonchev–Trinajstić information content (AvgIpc) is 2.96. The number of amides is 1. The molecule has 6 heteroatoms. The number of nitrogens with zero attached hydrogens (tertiary/aromatic N) is 3. The van der Waals surface area contributed by atoms with Crippen LogP contribution >= 0.6 is 0 Å². The first-order chi connectivity index (χ1) is 10.9. The van der Waals surface area contributed by atoms with Crippen molar-refractivity contribution < 1.29 is 9.53 Å². The molecule has 1 amide bonds. The zero-order chi connectivity index (χ0) is 16.7. The Kier molecular flexibility index (Phi) is 5.73. The highest BCUT2D eigenvalue weighted by Crippen LogP contribution is 2.14. The largest absolute Gasteiger partial charge is 0.444 e. The summed E-state index contributed by atoms with van der Waals surface area (Å²) in [6, 6.07) is 7.86. The summed E-state index contributed by atoms with van der Waals surface area (Å²) < 4.78 is 7.06. The molecular formula is C17H24N4O2. The van der Waals surface area contributed by atoms with Gasteiger partial charge in [0.05, 0.1) is 6.20 Å². The van der Waals surface area contributed by atoms with Crippen molar-refractivity contribution in [2.45, 2.75) is 52.2 Å². The third kappa shape index (κ3) is 6.50. The monoisotopic (exact) mass is 316 g/mol. The highest BCUT2D eigenvalue weighted by molar-refractivity contribution is 5.84. The molecule has 0 spiro atoms. The normalized spacial score (nSPS) is 11.3. The van der Waals surface area contributed by atoms with Gasteiger partial charge in [0.2, 0.25) is 0 Å². The van der Waals surface area contributed by atoms with E-state index in [1.165, 1.54) is 5.56 Å². The highest BCUT2D eigenvalue weighted by Gasteiger charge is 2.15. The summed E-state index contributed by atoms with van der Waals surface area (Å²) in [5, 5.41) is 10.5. The van der Waals surface area contributed by atoms with Crippen molar-refractivity contribution in [1.29, 1.82) is 0 Å². The van der Waals surface area contributed by atoms with Gasteiger partial charge in [-0.3, -0.25) is 10.00 Å². The minimum Gasteiger partial charge on any atom is -0.444 e. The molecule has 1 heterocycles. The molecule has 1 aromatic carbocycles. The second-order valence-electron chi connectivity index (χ2n) is 6.45. The molecule has 0 unspecified atom stereocenters. The van der Waals surface area contributed by atoms with Gasteiger partial charge in [0.1, 0.15) is 5.60 Å². The average molecular weight is 316 g/mol. The van der Waals surface area contributed by atoms with Gasteiger partial charge in [0, 0.05) is 18.4 Å². The predicted octanol–water partition coefficient (Wildman–Crippen LogP) is 3.65. The molecule has 0 aliphatic carbocycles. The van der Waals surface area contributed by atoms with Gasteiger partial charge >= 0.3 is 6.09 Å². The van der Waals surface area contributed by atoms with Crippen LogP contribution < -0.4 is 5.32 Å². The van der Waals surface area contributed by atoms with Crippen LogP contribution in [0, 0.1) is 0 Å². The predicted molar refractivity (Wildman–Crippen MR) is 89.3 cm³/mol. The maximum absolute atomic E-state index is 11.7. The van der Waals surface area contributed by atoms with Crippen LogP contribution in [0.3, 0.4) is 0 Å². The van der Waals surface area contributed by atoms with Crippen molar-refractivity contribution in [3.8, 4) is 0 Å². The van der Waals surface area contributed by atoms with E-state index in [9.17, 15) is 4.79 Å². The number of anilines is 1. The number of carbonyl (C=O) groups excluding carboxylic acids is 1. The Morgan fingerprint density at radius 1 is 1.22 bits per heavy atom. The first-order valence-corrected chi connectivity index (χ1v) is 7.85. The number of rotatable bonds is 6. The second kappa shape index (κ2) is 7.76. The third-order valence-electron chi connectivity index (χ3n) is 3.17. The van der Waals surface area contributed by atoms with E-state index in [4.69, 9.17) is 4.74 Å². The van der Waals surface area contributed by atoms with Crippen LogP contribution in [0.1, 0.15) is 39.2 Å². The molecule has 0 bridgehead atoms. The van der Waals surface area contributed by atoms with E-state index in [1.807, 2.05) is 55.9 Å². The summed E-state index contributed by atoms with van der Waals surface area (Å²) >= 11 is 0. The fourth-order valence-electron chi connectivity index (χ4n) is 2.13. The summed E-state index contributed by atoms with van der Waals surface area (Å²) in [7, 11) is 0. The lowest BCUT2D eigenvalue weighted by molar-refractivity contribution is 0.0636. The fourth-order valence-corrected chi connectivity index (χ4v) is 2.13. The zero-order valence-corrected chi connectivity index (χ0v) is 14.0. The molecule has 2 rings (SSSR count). The van der Waals surface area contributed by atoms with Gasteiger partial charge in [0.25, 0.3) is 0 Å². The van der Waals surface area contributed by atoms with Gasteiger partial charge in [-0.15, -0.1) is 5.10 Å². The maximum atomic E-state index is 11.7. The summed E-state index contributed by atoms with van der Waals surface area (Å²) in [6.07, 6.45) is 6.27. The lowest BCUT2D eigenvalue weighted by Crippen LogP contribution is -2.27. The molecule has 0 atom stereocenters. The number of aryl methyl sites for hydroxylation is 2. The van der Waals surface area contributed by atoms with E-state index < -0.39 is 11.7 Å². The van der Waals surface area contributed by atoms with E-state index in [1.54, 1.807) is 6.20 Å². The minimum atomic E-state index is -0.492. The number of carbonyl (C=O) groups is 1. The lowest BCUT2D eigenvalue weighted by Gasteiger charge is -2.19. The Labute approximate surface area is 136 Å². The Morgan fingerprint density at radius 3 is 2.57 bits per heavy atom. The quantitative estimate of drug-likeness (QED) is 0.826. The number of hydrogen-bond donors (Lipinski definition) is 1. The first kappa shape index (κ1) is 17.0. The molecule has 0 radical (unpaired) electrons. The number of nitrogens with one attached hydrogen (secondary N) is 1. The van der Waals surface area contributed by atoms with Crippen molar-refractivity contribution in [3.63, 3.8) is 0 Å². The summed E-state index contributed by atoms with van der Waals surface area (Å²) in [5.41, 5.74) is 1.50. The third-order valence-corrected chi connectivity index (χ3v) is 3.17. The SMILES string of the molecule is CC(C)(C)OC(=O)Nc1ccc(CCCCn2ccnn2)cc1. The Hall–Kier alpha value is -2.37. The van der Waals surface area contributed by atoms with Gasteiger partial charge < -0.3 is 4.74 Å². The molecule has 0 aliphatic rings. The zero-order valence-electron chi connectivity index (χ0n) is 14.0. The fraction of sp³-hybridized carbons (Fsp3) is 0.471. The standard InChI is InChI=1S/C17H24N4O2/c1-17(2,3)23-16(22)19-15-9-7-14(8-10-15)6-4-5-12-21-13-11-18-20-21/h7-11,13H,4-6,12H2,1-3H3,(H,19,22). The van der Waals surface area contributed by atoms with Crippen molar-refractivity contribution in [3.05, 3.63) is 42.2 Å². The molecule has 0 saturated carbocycles. The van der Waals surface area contributed by atoms with E-state index in [-0.39, 0.29) is 0 Å². The smallest absolute Gasteiger partial charge is 0.412 e. The van der Waals surface area contributed by atoms with Gasteiger partial charge in [0.15, 0.2) is 0 Å². The van der Waals surface area contributed by atoms with Crippen LogP contribution in [0.2, 0.25) is 0 Å². The molecular weight excluding hydrogens is 292 g/mol. The summed E-state index contributed by atoms with van der Waals surface area (Å²) in [5.74, 6) is 0. The Balaban J connectivity index is 1.72. The maximum Gasteiger partial charge on any atom is 0.412 e. The van der Waals surface area contributed by atoms with E-state index >= 15 is 0 Å². The first-order valence-electron chi connectivity index (χ1n) is 7.85. The van der Waals surface area contributed by atoms with Gasteiger partial charge in [-0.25, -0.2) is 4.79 Å². The van der Waals surface area contributed by atoms with Crippen LogP contribution in [0.5, 0.6) is 0 Å². The molecule has 1 aromatic heterocycles. The molecule has 2 aromatic rings. The van der Waals surface area contributed by atoms with Crippen LogP contribution in [-0.4, -0.2) is 26.7 Å². The molecule has 1 N–H and O–H groups in total. The van der Waals surface area contributed by atoms with Crippen molar-refractivity contribution in [1.82, 2.24) is 15.0 Å². The van der Waals surface area contributed by atoms with E-state index in [0.717, 1.165) is 31.5 Å². The van der Waals surface area contributed by atoms with Gasteiger partial charge in [-0.1, -0.05) is 17.3 Å². The van der Waals surface area contributed by atoms with Crippen LogP contribution in [0.15, 0.2) is 36.7 Å². The molecule has 0 saturated heterocycles. The number of aromatic nitrogens is 3.